The first-order chi connectivity index (χ1) is 11.6. The molecule has 8 nitrogen and oxygen atoms in total. The lowest BCUT2D eigenvalue weighted by atomic mass is 9.92. The highest BCUT2D eigenvalue weighted by molar-refractivity contribution is 6.06. The van der Waals surface area contributed by atoms with E-state index < -0.39 is 11.9 Å². The second-order valence-corrected chi connectivity index (χ2v) is 5.05. The third-order valence-corrected chi connectivity index (χ3v) is 3.79. The normalized spacial score (nSPS) is 13.8. The third-order valence-electron chi connectivity index (χ3n) is 3.79. The van der Waals surface area contributed by atoms with Gasteiger partial charge in [0.2, 0.25) is 13.6 Å². The van der Waals surface area contributed by atoms with Crippen LogP contribution < -0.4 is 18.9 Å². The van der Waals surface area contributed by atoms with E-state index in [2.05, 4.69) is 0 Å². The molecule has 0 radical (unpaired) electrons. The van der Waals surface area contributed by atoms with E-state index in [1.807, 2.05) is 0 Å². The highest BCUT2D eigenvalue weighted by Gasteiger charge is 2.33. The summed E-state index contributed by atoms with van der Waals surface area (Å²) in [4.78, 5) is 23.3. The summed E-state index contributed by atoms with van der Waals surface area (Å²) in [6, 6.07) is 5.62. The van der Waals surface area contributed by atoms with Crippen molar-refractivity contribution in [1.82, 2.24) is 0 Å². The summed E-state index contributed by atoms with van der Waals surface area (Å²) in [5.41, 5.74) is -0.0502. The molecule has 0 aromatic heterocycles. The fraction of sp³-hybridized carbons (Fsp3) is 0.125. The molecule has 4 rings (SSSR count). The number of ether oxygens (including phenoxy) is 4. The summed E-state index contributed by atoms with van der Waals surface area (Å²) >= 11 is 0. The van der Waals surface area contributed by atoms with Gasteiger partial charge in [0.15, 0.2) is 23.0 Å². The fourth-order valence-electron chi connectivity index (χ4n) is 2.80. The van der Waals surface area contributed by atoms with E-state index in [-0.39, 0.29) is 47.3 Å². The molecule has 0 spiro atoms. The number of rotatable bonds is 3. The molecule has 0 bridgehead atoms. The van der Waals surface area contributed by atoms with Gasteiger partial charge in [0.1, 0.15) is 0 Å². The molecule has 2 aliphatic heterocycles. The number of hydrogen-bond acceptors (Lipinski definition) is 6. The Kier molecular flexibility index (Phi) is 2.99. The number of fused-ring (bicyclic) bond motifs is 2. The molecule has 8 heteroatoms. The van der Waals surface area contributed by atoms with Gasteiger partial charge in [-0.3, -0.25) is 0 Å². The molecule has 0 amide bonds. The molecule has 0 unspecified atom stereocenters. The second-order valence-electron chi connectivity index (χ2n) is 5.05. The zero-order valence-corrected chi connectivity index (χ0v) is 12.1. The molecule has 24 heavy (non-hydrogen) atoms. The molecule has 2 heterocycles. The van der Waals surface area contributed by atoms with Crippen molar-refractivity contribution >= 4 is 11.9 Å². The fourth-order valence-corrected chi connectivity index (χ4v) is 2.80. The Hall–Kier alpha value is -3.42. The SMILES string of the molecule is O=C(O)c1ccc2c(c1-c1c(C(=O)O)ccc3c1OCO3)OCO2. The van der Waals surface area contributed by atoms with Crippen molar-refractivity contribution in [2.24, 2.45) is 0 Å². The van der Waals surface area contributed by atoms with Gasteiger partial charge in [-0.1, -0.05) is 0 Å². The van der Waals surface area contributed by atoms with E-state index in [0.717, 1.165) is 0 Å². The molecular weight excluding hydrogens is 320 g/mol. The van der Waals surface area contributed by atoms with Crippen LogP contribution in [0.5, 0.6) is 23.0 Å². The summed E-state index contributed by atoms with van der Waals surface area (Å²) in [5.74, 6) is -1.44. The zero-order chi connectivity index (χ0) is 16.8. The minimum atomic E-state index is -1.23. The maximum atomic E-state index is 11.7. The van der Waals surface area contributed by atoms with Crippen LogP contribution in [-0.2, 0) is 0 Å². The van der Waals surface area contributed by atoms with Gasteiger partial charge >= 0.3 is 11.9 Å². The molecule has 0 saturated carbocycles. The summed E-state index contributed by atoms with van der Waals surface area (Å²) in [7, 11) is 0. The van der Waals surface area contributed by atoms with Gasteiger partial charge < -0.3 is 29.2 Å². The highest BCUT2D eigenvalue weighted by Crippen LogP contribution is 2.51. The van der Waals surface area contributed by atoms with Crippen LogP contribution in [0.4, 0.5) is 0 Å². The molecule has 0 saturated heterocycles. The van der Waals surface area contributed by atoms with Gasteiger partial charge in [-0.05, 0) is 24.3 Å². The lowest BCUT2D eigenvalue weighted by Gasteiger charge is -2.14. The van der Waals surface area contributed by atoms with Crippen molar-refractivity contribution in [3.8, 4) is 34.1 Å². The first kappa shape index (κ1) is 14.2. The molecule has 2 N–H and O–H groups in total. The molecule has 122 valence electrons. The zero-order valence-electron chi connectivity index (χ0n) is 12.1. The van der Waals surface area contributed by atoms with Gasteiger partial charge in [0.25, 0.3) is 0 Å². The molecule has 0 aliphatic carbocycles. The Morgan fingerprint density at radius 2 is 1.12 bits per heavy atom. The van der Waals surface area contributed by atoms with E-state index in [0.29, 0.717) is 11.5 Å². The van der Waals surface area contributed by atoms with Crippen LogP contribution >= 0.6 is 0 Å². The van der Waals surface area contributed by atoms with E-state index in [9.17, 15) is 19.8 Å². The van der Waals surface area contributed by atoms with Gasteiger partial charge in [0, 0.05) is 11.1 Å². The average Bonchev–Trinajstić information content (AvgIpc) is 3.21. The Morgan fingerprint density at radius 3 is 1.50 bits per heavy atom. The van der Waals surface area contributed by atoms with E-state index >= 15 is 0 Å². The van der Waals surface area contributed by atoms with Crippen LogP contribution in [0.2, 0.25) is 0 Å². The van der Waals surface area contributed by atoms with E-state index in [4.69, 9.17) is 18.9 Å². The number of carboxylic acids is 2. The van der Waals surface area contributed by atoms with Gasteiger partial charge in [-0.25, -0.2) is 9.59 Å². The van der Waals surface area contributed by atoms with Crippen LogP contribution in [-0.4, -0.2) is 35.7 Å². The third kappa shape index (κ3) is 1.93. The summed E-state index contributed by atoms with van der Waals surface area (Å²) in [6.07, 6.45) is 0. The topological polar surface area (TPSA) is 112 Å². The van der Waals surface area contributed by atoms with Crippen molar-refractivity contribution in [3.05, 3.63) is 35.4 Å². The Morgan fingerprint density at radius 1 is 0.708 bits per heavy atom. The predicted molar refractivity (Wildman–Crippen MR) is 78.0 cm³/mol. The molecule has 0 atom stereocenters. The van der Waals surface area contributed by atoms with Crippen LogP contribution in [0.1, 0.15) is 20.7 Å². The summed E-state index contributed by atoms with van der Waals surface area (Å²) < 4.78 is 21.3. The standard InChI is InChI=1S/C16H10O8/c17-15(18)7-1-3-9-13(23-5-21-9)11(7)12-8(16(19)20)2-4-10-14(12)24-6-22-10/h1-4H,5-6H2,(H,17,18)(H,19,20). The van der Waals surface area contributed by atoms with Crippen molar-refractivity contribution in [1.29, 1.82) is 0 Å². The first-order valence-corrected chi connectivity index (χ1v) is 6.90. The Bertz CT molecular complexity index is 813. The number of benzene rings is 2. The van der Waals surface area contributed by atoms with Crippen molar-refractivity contribution in [2.75, 3.05) is 13.6 Å². The Balaban J connectivity index is 2.11. The van der Waals surface area contributed by atoms with Crippen molar-refractivity contribution < 1.29 is 38.7 Å². The van der Waals surface area contributed by atoms with Gasteiger partial charge in [0.05, 0.1) is 11.1 Å². The molecule has 2 aromatic carbocycles. The molecule has 2 aromatic rings. The van der Waals surface area contributed by atoms with E-state index in [1.165, 1.54) is 24.3 Å². The van der Waals surface area contributed by atoms with Crippen molar-refractivity contribution in [3.63, 3.8) is 0 Å². The van der Waals surface area contributed by atoms with Crippen molar-refractivity contribution in [2.45, 2.75) is 0 Å². The van der Waals surface area contributed by atoms with Gasteiger partial charge in [-0.2, -0.15) is 0 Å². The van der Waals surface area contributed by atoms with E-state index in [1.54, 1.807) is 0 Å². The minimum Gasteiger partial charge on any atom is -0.478 e. The highest BCUT2D eigenvalue weighted by atomic mass is 16.7. The number of carbonyl (C=O) groups is 2. The minimum absolute atomic E-state index is 0.0831. The molecule has 2 aliphatic rings. The van der Waals surface area contributed by atoms with Gasteiger partial charge in [-0.15, -0.1) is 0 Å². The monoisotopic (exact) mass is 330 g/mol. The largest absolute Gasteiger partial charge is 0.478 e. The summed E-state index contributed by atoms with van der Waals surface area (Å²) in [6.45, 7) is -0.166. The van der Waals surface area contributed by atoms with Crippen LogP contribution in [0.15, 0.2) is 24.3 Å². The lowest BCUT2D eigenvalue weighted by molar-refractivity contribution is 0.0684. The van der Waals surface area contributed by atoms with Crippen LogP contribution in [0, 0.1) is 0 Å². The maximum absolute atomic E-state index is 11.7. The van der Waals surface area contributed by atoms with Crippen LogP contribution in [0.3, 0.4) is 0 Å². The predicted octanol–water partition coefficient (Wildman–Crippen LogP) is 2.21. The van der Waals surface area contributed by atoms with Crippen LogP contribution in [0.25, 0.3) is 11.1 Å². The number of carboxylic acid groups (broad SMARTS) is 2. The molecule has 0 fully saturated rings. The number of aromatic carboxylic acids is 2. The summed E-state index contributed by atoms with van der Waals surface area (Å²) in [5, 5.41) is 19.0. The quantitative estimate of drug-likeness (QED) is 0.881. The smallest absolute Gasteiger partial charge is 0.336 e. The lowest BCUT2D eigenvalue weighted by Crippen LogP contribution is -2.06. The first-order valence-electron chi connectivity index (χ1n) is 6.90. The Labute approximate surface area is 134 Å². The average molecular weight is 330 g/mol. The number of hydrogen-bond donors (Lipinski definition) is 2. The maximum Gasteiger partial charge on any atom is 0.336 e. The second kappa shape index (κ2) is 5.05. The molecular formula is C16H10O8.